The van der Waals surface area contributed by atoms with E-state index in [-0.39, 0.29) is 6.04 Å². The molecular formula is C15H22ClNO3. The topological polar surface area (TPSA) is 47.6 Å². The molecule has 1 aromatic rings. The normalized spacial score (nSPS) is 12.2. The molecule has 0 aliphatic rings. The summed E-state index contributed by atoms with van der Waals surface area (Å²) in [4.78, 5) is 10.6. The van der Waals surface area contributed by atoms with Crippen LogP contribution in [0.1, 0.15) is 19.4 Å². The third-order valence-electron chi connectivity index (χ3n) is 3.08. The summed E-state index contributed by atoms with van der Waals surface area (Å²) >= 11 is 6.10. The number of nitrogens with one attached hydrogen (secondary N) is 1. The zero-order valence-electron chi connectivity index (χ0n) is 12.2. The number of methoxy groups -OCH3 is 1. The summed E-state index contributed by atoms with van der Waals surface area (Å²) < 4.78 is 10.5. The van der Waals surface area contributed by atoms with Gasteiger partial charge in [-0.05, 0) is 30.0 Å². The summed E-state index contributed by atoms with van der Waals surface area (Å²) in [7, 11) is 1.62. The maximum atomic E-state index is 10.6. The molecule has 0 radical (unpaired) electrons. The smallest absolute Gasteiger partial charge is 0.207 e. The molecule has 1 unspecified atom stereocenters. The van der Waals surface area contributed by atoms with E-state index in [2.05, 4.69) is 19.2 Å². The Morgan fingerprint density at radius 3 is 2.70 bits per heavy atom. The lowest BCUT2D eigenvalue weighted by Crippen LogP contribution is -2.34. The summed E-state index contributed by atoms with van der Waals surface area (Å²) in [5.74, 6) is 1.00. The molecule has 0 aromatic heterocycles. The van der Waals surface area contributed by atoms with E-state index < -0.39 is 0 Å². The Morgan fingerprint density at radius 2 is 2.10 bits per heavy atom. The molecule has 4 nitrogen and oxygen atoms in total. The van der Waals surface area contributed by atoms with Gasteiger partial charge in [0, 0.05) is 13.2 Å². The van der Waals surface area contributed by atoms with Crippen molar-refractivity contribution in [2.24, 2.45) is 5.92 Å². The molecule has 1 N–H and O–H groups in total. The fourth-order valence-corrected chi connectivity index (χ4v) is 2.02. The minimum atomic E-state index is 0.0977. The maximum absolute atomic E-state index is 10.6. The summed E-state index contributed by atoms with van der Waals surface area (Å²) in [5, 5.41) is 3.42. The summed E-state index contributed by atoms with van der Waals surface area (Å²) in [6.45, 7) is 5.13. The first-order valence-electron chi connectivity index (χ1n) is 6.68. The molecular weight excluding hydrogens is 278 g/mol. The van der Waals surface area contributed by atoms with Crippen LogP contribution >= 0.6 is 11.6 Å². The number of amides is 1. The summed E-state index contributed by atoms with van der Waals surface area (Å²) in [5.41, 5.74) is 1.08. The fourth-order valence-electron chi connectivity index (χ4n) is 1.85. The zero-order chi connectivity index (χ0) is 15.0. The number of rotatable bonds is 9. The van der Waals surface area contributed by atoms with Gasteiger partial charge >= 0.3 is 0 Å². The predicted molar refractivity (Wildman–Crippen MR) is 80.4 cm³/mol. The number of carbonyl (C=O) groups excluding carboxylic acids is 1. The molecule has 20 heavy (non-hydrogen) atoms. The van der Waals surface area contributed by atoms with Crippen LogP contribution in [0.25, 0.3) is 0 Å². The van der Waals surface area contributed by atoms with Crippen molar-refractivity contribution in [3.8, 4) is 5.75 Å². The highest BCUT2D eigenvalue weighted by Gasteiger charge is 2.14. The minimum Gasteiger partial charge on any atom is -0.490 e. The number of halogens is 1. The van der Waals surface area contributed by atoms with E-state index in [1.807, 2.05) is 18.2 Å². The van der Waals surface area contributed by atoms with Crippen LogP contribution < -0.4 is 10.1 Å². The Kier molecular flexibility index (Phi) is 7.41. The number of carbonyl (C=O) groups is 1. The SMILES string of the molecule is COCCOc1cc(CC(NC=O)C(C)C)ccc1Cl. The van der Waals surface area contributed by atoms with Crippen molar-refractivity contribution in [2.45, 2.75) is 26.3 Å². The molecule has 0 saturated carbocycles. The van der Waals surface area contributed by atoms with Crippen LogP contribution in [0.2, 0.25) is 5.02 Å². The fraction of sp³-hybridized carbons (Fsp3) is 0.533. The molecule has 1 aromatic carbocycles. The highest BCUT2D eigenvalue weighted by atomic mass is 35.5. The van der Waals surface area contributed by atoms with Gasteiger partial charge in [-0.3, -0.25) is 4.79 Å². The average molecular weight is 300 g/mol. The van der Waals surface area contributed by atoms with Crippen LogP contribution in [0.4, 0.5) is 0 Å². The first-order chi connectivity index (χ1) is 9.58. The molecule has 0 bridgehead atoms. The first kappa shape index (κ1) is 16.8. The van der Waals surface area contributed by atoms with Gasteiger partial charge in [0.2, 0.25) is 6.41 Å². The van der Waals surface area contributed by atoms with Crippen LogP contribution in [0.15, 0.2) is 18.2 Å². The largest absolute Gasteiger partial charge is 0.490 e. The van der Waals surface area contributed by atoms with Crippen molar-refractivity contribution < 1.29 is 14.3 Å². The molecule has 1 rings (SSSR count). The summed E-state index contributed by atoms with van der Waals surface area (Å²) in [6, 6.07) is 5.78. The minimum absolute atomic E-state index is 0.0977. The Morgan fingerprint density at radius 1 is 1.35 bits per heavy atom. The van der Waals surface area contributed by atoms with E-state index in [1.165, 1.54) is 0 Å². The van der Waals surface area contributed by atoms with E-state index in [1.54, 1.807) is 7.11 Å². The second-order valence-corrected chi connectivity index (χ2v) is 5.35. The molecule has 0 spiro atoms. The van der Waals surface area contributed by atoms with Crippen LogP contribution in [-0.2, 0) is 16.0 Å². The molecule has 112 valence electrons. The van der Waals surface area contributed by atoms with Crippen molar-refractivity contribution >= 4 is 18.0 Å². The first-order valence-corrected chi connectivity index (χ1v) is 7.06. The molecule has 0 heterocycles. The van der Waals surface area contributed by atoms with Gasteiger partial charge in [-0.1, -0.05) is 31.5 Å². The van der Waals surface area contributed by atoms with E-state index in [0.717, 1.165) is 18.4 Å². The molecule has 1 amide bonds. The molecule has 1 atom stereocenters. The zero-order valence-corrected chi connectivity index (χ0v) is 12.9. The van der Waals surface area contributed by atoms with E-state index >= 15 is 0 Å². The highest BCUT2D eigenvalue weighted by Crippen LogP contribution is 2.26. The maximum Gasteiger partial charge on any atom is 0.207 e. The van der Waals surface area contributed by atoms with Gasteiger partial charge in [0.25, 0.3) is 0 Å². The van der Waals surface area contributed by atoms with Gasteiger partial charge < -0.3 is 14.8 Å². The van der Waals surface area contributed by atoms with Crippen molar-refractivity contribution in [1.82, 2.24) is 5.32 Å². The molecule has 0 aliphatic carbocycles. The molecule has 0 aliphatic heterocycles. The lowest BCUT2D eigenvalue weighted by Gasteiger charge is -2.20. The van der Waals surface area contributed by atoms with E-state index in [9.17, 15) is 4.79 Å². The number of hydrogen-bond acceptors (Lipinski definition) is 3. The second kappa shape index (κ2) is 8.82. The number of ether oxygens (including phenoxy) is 2. The highest BCUT2D eigenvalue weighted by molar-refractivity contribution is 6.32. The van der Waals surface area contributed by atoms with Crippen molar-refractivity contribution in [2.75, 3.05) is 20.3 Å². The van der Waals surface area contributed by atoms with Gasteiger partial charge in [-0.15, -0.1) is 0 Å². The van der Waals surface area contributed by atoms with Crippen LogP contribution in [0, 0.1) is 5.92 Å². The van der Waals surface area contributed by atoms with Crippen LogP contribution in [-0.4, -0.2) is 32.8 Å². The van der Waals surface area contributed by atoms with Gasteiger partial charge in [-0.2, -0.15) is 0 Å². The molecule has 0 saturated heterocycles. The monoisotopic (exact) mass is 299 g/mol. The van der Waals surface area contributed by atoms with Gasteiger partial charge in [-0.25, -0.2) is 0 Å². The Bertz CT molecular complexity index is 424. The average Bonchev–Trinajstić information content (AvgIpc) is 2.41. The van der Waals surface area contributed by atoms with E-state index in [4.69, 9.17) is 21.1 Å². The lowest BCUT2D eigenvalue weighted by atomic mass is 9.96. The Balaban J connectivity index is 2.74. The molecule has 0 fully saturated rings. The van der Waals surface area contributed by atoms with Crippen molar-refractivity contribution in [3.63, 3.8) is 0 Å². The number of benzene rings is 1. The summed E-state index contributed by atoms with van der Waals surface area (Å²) in [6.07, 6.45) is 1.49. The second-order valence-electron chi connectivity index (χ2n) is 4.95. The lowest BCUT2D eigenvalue weighted by molar-refractivity contribution is -0.110. The van der Waals surface area contributed by atoms with Gasteiger partial charge in [0.1, 0.15) is 12.4 Å². The molecule has 5 heteroatoms. The van der Waals surface area contributed by atoms with Gasteiger partial charge in [0.15, 0.2) is 0 Å². The Labute approximate surface area is 125 Å². The quantitative estimate of drug-likeness (QED) is 0.563. The Hall–Kier alpha value is -1.26. The van der Waals surface area contributed by atoms with Crippen LogP contribution in [0.5, 0.6) is 5.75 Å². The number of hydrogen-bond donors (Lipinski definition) is 1. The predicted octanol–water partition coefficient (Wildman–Crippen LogP) is 2.68. The third-order valence-corrected chi connectivity index (χ3v) is 3.40. The van der Waals surface area contributed by atoms with E-state index in [0.29, 0.717) is 29.9 Å². The van der Waals surface area contributed by atoms with Gasteiger partial charge in [0.05, 0.1) is 11.6 Å². The third kappa shape index (κ3) is 5.39. The standard InChI is InChI=1S/C15H22ClNO3/c1-11(2)14(17-10-18)8-12-4-5-13(16)15(9-12)20-7-6-19-3/h4-5,9-11,14H,6-8H2,1-3H3,(H,17,18). The van der Waals surface area contributed by atoms with Crippen LogP contribution in [0.3, 0.4) is 0 Å². The van der Waals surface area contributed by atoms with Crippen molar-refractivity contribution in [1.29, 1.82) is 0 Å². The van der Waals surface area contributed by atoms with Crippen molar-refractivity contribution in [3.05, 3.63) is 28.8 Å².